The summed E-state index contributed by atoms with van der Waals surface area (Å²) in [5.74, 6) is 10.3. The average Bonchev–Trinajstić information content (AvgIpc) is 2.52. The number of aliphatic carboxylic acids is 1. The number of carboxylic acids is 1. The number of aliphatic hydroxyl groups excluding tert-OH is 2. The van der Waals surface area contributed by atoms with E-state index in [4.69, 9.17) is 5.11 Å². The van der Waals surface area contributed by atoms with E-state index in [2.05, 4.69) is 30.3 Å². The van der Waals surface area contributed by atoms with Crippen LogP contribution in [-0.4, -0.2) is 33.5 Å². The van der Waals surface area contributed by atoms with Gasteiger partial charge in [-0.15, -0.1) is 6.58 Å². The van der Waals surface area contributed by atoms with Crippen molar-refractivity contribution in [2.24, 2.45) is 0 Å². The summed E-state index contributed by atoms with van der Waals surface area (Å²) in [6.07, 6.45) is 9.80. The zero-order valence-electron chi connectivity index (χ0n) is 14.2. The smallest absolute Gasteiger partial charge is 0.305 e. The standard InChI is InChI=1S/C20H28O4/c1-2-3-4-5-6-7-8-9-10-11-14-18(21)15-12-13-16-19(22)17-20(23)24/h2,9-10,18-19,21-22H,1,3,8,11-17H2,(H,23,24)/b10-9-. The van der Waals surface area contributed by atoms with E-state index < -0.39 is 12.1 Å². The highest BCUT2D eigenvalue weighted by Gasteiger charge is 2.09. The maximum atomic E-state index is 10.4. The van der Waals surface area contributed by atoms with Crippen LogP contribution in [0.5, 0.6) is 0 Å². The van der Waals surface area contributed by atoms with E-state index >= 15 is 0 Å². The molecule has 0 spiro atoms. The number of carboxylic acid groups (broad SMARTS) is 1. The normalized spacial score (nSPS) is 12.6. The molecule has 0 aliphatic rings. The first kappa shape index (κ1) is 22.0. The van der Waals surface area contributed by atoms with Crippen LogP contribution in [0.25, 0.3) is 0 Å². The summed E-state index contributed by atoms with van der Waals surface area (Å²) in [7, 11) is 0. The molecule has 0 amide bonds. The molecule has 0 fully saturated rings. The van der Waals surface area contributed by atoms with Gasteiger partial charge in [-0.3, -0.25) is 4.79 Å². The lowest BCUT2D eigenvalue weighted by Crippen LogP contribution is -2.13. The molecule has 0 aromatic carbocycles. The molecule has 0 radical (unpaired) electrons. The van der Waals surface area contributed by atoms with E-state index in [1.165, 1.54) is 0 Å². The van der Waals surface area contributed by atoms with Crippen LogP contribution in [0.15, 0.2) is 24.8 Å². The Morgan fingerprint density at radius 2 is 1.58 bits per heavy atom. The molecule has 0 heterocycles. The van der Waals surface area contributed by atoms with E-state index in [9.17, 15) is 15.0 Å². The highest BCUT2D eigenvalue weighted by atomic mass is 16.4. The van der Waals surface area contributed by atoms with Crippen LogP contribution < -0.4 is 0 Å². The number of hydrogen-bond acceptors (Lipinski definition) is 3. The van der Waals surface area contributed by atoms with Crippen molar-refractivity contribution < 1.29 is 20.1 Å². The monoisotopic (exact) mass is 332 g/mol. The third kappa shape index (κ3) is 16.4. The van der Waals surface area contributed by atoms with Crippen LogP contribution in [-0.2, 0) is 4.79 Å². The second-order valence-corrected chi connectivity index (χ2v) is 5.54. The van der Waals surface area contributed by atoms with Crippen molar-refractivity contribution in [1.29, 1.82) is 0 Å². The third-order valence-corrected chi connectivity index (χ3v) is 3.27. The number of rotatable bonds is 12. The molecule has 0 bridgehead atoms. The van der Waals surface area contributed by atoms with Crippen molar-refractivity contribution in [1.82, 2.24) is 0 Å². The Morgan fingerprint density at radius 3 is 2.21 bits per heavy atom. The highest BCUT2D eigenvalue weighted by Crippen LogP contribution is 2.11. The van der Waals surface area contributed by atoms with Crippen LogP contribution in [0.4, 0.5) is 0 Å². The Labute approximate surface area is 145 Å². The molecule has 0 saturated carbocycles. The molecule has 2 unspecified atom stereocenters. The first-order chi connectivity index (χ1) is 11.6. The van der Waals surface area contributed by atoms with Crippen molar-refractivity contribution in [3.63, 3.8) is 0 Å². The minimum absolute atomic E-state index is 0.212. The minimum Gasteiger partial charge on any atom is -0.481 e. The zero-order valence-corrected chi connectivity index (χ0v) is 14.2. The van der Waals surface area contributed by atoms with Crippen molar-refractivity contribution >= 4 is 5.97 Å². The summed E-state index contributed by atoms with van der Waals surface area (Å²) in [5.41, 5.74) is 0. The van der Waals surface area contributed by atoms with Crippen LogP contribution in [0.1, 0.15) is 57.8 Å². The van der Waals surface area contributed by atoms with Gasteiger partial charge >= 0.3 is 5.97 Å². The van der Waals surface area contributed by atoms with Crippen LogP contribution in [0.3, 0.4) is 0 Å². The number of unbranched alkanes of at least 4 members (excludes halogenated alkanes) is 1. The molecule has 4 heteroatoms. The van der Waals surface area contributed by atoms with E-state index in [1.807, 2.05) is 12.2 Å². The number of allylic oxidation sites excluding steroid dienone is 3. The maximum Gasteiger partial charge on any atom is 0.305 e. The highest BCUT2D eigenvalue weighted by molar-refractivity contribution is 5.67. The molecular weight excluding hydrogens is 304 g/mol. The summed E-state index contributed by atoms with van der Waals surface area (Å²) < 4.78 is 0. The SMILES string of the molecule is C=CCC#CC#CC/C=C\CCC(O)CCCCC(O)CC(=O)O. The third-order valence-electron chi connectivity index (χ3n) is 3.27. The summed E-state index contributed by atoms with van der Waals surface area (Å²) in [5, 5.41) is 27.8. The van der Waals surface area contributed by atoms with Crippen LogP contribution in [0, 0.1) is 23.7 Å². The predicted molar refractivity (Wildman–Crippen MR) is 96.1 cm³/mol. The molecular formula is C20H28O4. The molecule has 0 saturated heterocycles. The Kier molecular flexibility index (Phi) is 14.5. The fraction of sp³-hybridized carbons (Fsp3) is 0.550. The second-order valence-electron chi connectivity index (χ2n) is 5.54. The predicted octanol–water partition coefficient (Wildman–Crippen LogP) is 3.05. The first-order valence-electron chi connectivity index (χ1n) is 8.35. The molecule has 0 rings (SSSR count). The van der Waals surface area contributed by atoms with E-state index in [0.29, 0.717) is 32.1 Å². The average molecular weight is 332 g/mol. The largest absolute Gasteiger partial charge is 0.481 e. The number of aliphatic hydroxyl groups is 2. The molecule has 0 aliphatic heterocycles. The quantitative estimate of drug-likeness (QED) is 0.292. The van der Waals surface area contributed by atoms with Crippen molar-refractivity contribution in [3.8, 4) is 23.7 Å². The summed E-state index contributed by atoms with van der Waals surface area (Å²) in [4.78, 5) is 10.4. The van der Waals surface area contributed by atoms with Gasteiger partial charge in [0.1, 0.15) is 0 Å². The summed E-state index contributed by atoms with van der Waals surface area (Å²) >= 11 is 0. The zero-order chi connectivity index (χ0) is 18.0. The fourth-order valence-corrected chi connectivity index (χ4v) is 2.02. The van der Waals surface area contributed by atoms with Gasteiger partial charge in [0.05, 0.1) is 18.6 Å². The maximum absolute atomic E-state index is 10.4. The van der Waals surface area contributed by atoms with Gasteiger partial charge in [-0.25, -0.2) is 0 Å². The van der Waals surface area contributed by atoms with Gasteiger partial charge in [-0.2, -0.15) is 0 Å². The van der Waals surface area contributed by atoms with Crippen molar-refractivity contribution in [2.45, 2.75) is 70.0 Å². The minimum atomic E-state index is -0.984. The fourth-order valence-electron chi connectivity index (χ4n) is 2.02. The molecule has 4 nitrogen and oxygen atoms in total. The summed E-state index contributed by atoms with van der Waals surface area (Å²) in [6, 6.07) is 0. The van der Waals surface area contributed by atoms with E-state index in [0.717, 1.165) is 19.3 Å². The lowest BCUT2D eigenvalue weighted by molar-refractivity contribution is -0.139. The van der Waals surface area contributed by atoms with Gasteiger partial charge in [-0.05, 0) is 37.5 Å². The Bertz CT molecular complexity index is 499. The number of hydrogen-bond donors (Lipinski definition) is 3. The second kappa shape index (κ2) is 15.9. The lowest BCUT2D eigenvalue weighted by Gasteiger charge is -2.10. The van der Waals surface area contributed by atoms with Gasteiger partial charge in [0, 0.05) is 12.8 Å². The molecule has 3 N–H and O–H groups in total. The van der Waals surface area contributed by atoms with E-state index in [1.54, 1.807) is 6.08 Å². The topological polar surface area (TPSA) is 77.8 Å². The van der Waals surface area contributed by atoms with Crippen LogP contribution in [0.2, 0.25) is 0 Å². The van der Waals surface area contributed by atoms with Gasteiger partial charge in [-0.1, -0.05) is 42.9 Å². The molecule has 0 aromatic heterocycles. The molecule has 0 aromatic rings. The van der Waals surface area contributed by atoms with E-state index in [-0.39, 0.29) is 12.5 Å². The Balaban J connectivity index is 3.60. The van der Waals surface area contributed by atoms with Crippen LogP contribution >= 0.6 is 0 Å². The molecule has 2 atom stereocenters. The molecule has 24 heavy (non-hydrogen) atoms. The van der Waals surface area contributed by atoms with Gasteiger partial charge in [0.2, 0.25) is 0 Å². The summed E-state index contributed by atoms with van der Waals surface area (Å²) in [6.45, 7) is 3.57. The first-order valence-corrected chi connectivity index (χ1v) is 8.35. The van der Waals surface area contributed by atoms with Gasteiger partial charge in [0.25, 0.3) is 0 Å². The van der Waals surface area contributed by atoms with Gasteiger partial charge in [0.15, 0.2) is 0 Å². The Hall–Kier alpha value is -2.01. The molecule has 132 valence electrons. The van der Waals surface area contributed by atoms with Crippen molar-refractivity contribution in [3.05, 3.63) is 24.8 Å². The van der Waals surface area contributed by atoms with Crippen molar-refractivity contribution in [2.75, 3.05) is 0 Å². The van der Waals surface area contributed by atoms with Gasteiger partial charge < -0.3 is 15.3 Å². The molecule has 0 aliphatic carbocycles. The lowest BCUT2D eigenvalue weighted by atomic mass is 10.0. The number of carbonyl (C=O) groups is 1. The Morgan fingerprint density at radius 1 is 0.958 bits per heavy atom.